The molecule has 0 aliphatic carbocycles. The fraction of sp³-hybridized carbons (Fsp3) is 0.278. The maximum Gasteiger partial charge on any atom is 0.267 e. The van der Waals surface area contributed by atoms with Crippen LogP contribution < -0.4 is 10.8 Å². The molecule has 136 valence electrons. The number of halogens is 1. The fourth-order valence-electron chi connectivity index (χ4n) is 2.87. The number of hydrogen-bond acceptors (Lipinski definition) is 6. The number of hydroxylamine groups is 1. The summed E-state index contributed by atoms with van der Waals surface area (Å²) in [5, 5.41) is 12.6. The molecule has 1 aromatic heterocycles. The van der Waals surface area contributed by atoms with E-state index in [0.717, 1.165) is 36.6 Å². The van der Waals surface area contributed by atoms with Gasteiger partial charge in [0, 0.05) is 36.8 Å². The van der Waals surface area contributed by atoms with E-state index in [2.05, 4.69) is 26.3 Å². The van der Waals surface area contributed by atoms with Crippen molar-refractivity contribution in [2.45, 2.75) is 19.0 Å². The van der Waals surface area contributed by atoms with Gasteiger partial charge in [-0.25, -0.2) is 10.5 Å². The van der Waals surface area contributed by atoms with Crippen LogP contribution in [0.25, 0.3) is 6.08 Å². The van der Waals surface area contributed by atoms with Crippen molar-refractivity contribution in [3.63, 3.8) is 0 Å². The standard InChI is InChI=1S/C18H20ClN5O2/c19-16-4-2-1-3-13(16)11-24-8-7-15(12-24)22-17-10-20-14(9-21-17)5-6-18(25)23-26/h1-6,9-10,15,26H,7-8,11-12H2,(H,21,22)(H,23,25)/b6-5+/t15-/m1/s1. The molecular formula is C18H20ClN5O2. The molecule has 3 rings (SSSR count). The molecule has 0 radical (unpaired) electrons. The van der Waals surface area contributed by atoms with Gasteiger partial charge in [0.15, 0.2) is 0 Å². The molecule has 0 bridgehead atoms. The zero-order valence-corrected chi connectivity index (χ0v) is 14.9. The Kier molecular flexibility index (Phi) is 6.17. The van der Waals surface area contributed by atoms with Gasteiger partial charge in [0.2, 0.25) is 0 Å². The minimum atomic E-state index is -0.612. The number of carbonyl (C=O) groups is 1. The van der Waals surface area contributed by atoms with Crippen LogP contribution in [0.2, 0.25) is 5.02 Å². The van der Waals surface area contributed by atoms with E-state index in [-0.39, 0.29) is 0 Å². The molecule has 26 heavy (non-hydrogen) atoms. The number of carbonyl (C=O) groups excluding carboxylic acids is 1. The van der Waals surface area contributed by atoms with Crippen LogP contribution in [0.3, 0.4) is 0 Å². The summed E-state index contributed by atoms with van der Waals surface area (Å²) < 4.78 is 0. The zero-order chi connectivity index (χ0) is 18.4. The van der Waals surface area contributed by atoms with Gasteiger partial charge in [-0.2, -0.15) is 0 Å². The van der Waals surface area contributed by atoms with Crippen molar-refractivity contribution in [2.24, 2.45) is 0 Å². The third-order valence-electron chi connectivity index (χ3n) is 4.16. The van der Waals surface area contributed by atoms with Gasteiger partial charge < -0.3 is 5.32 Å². The highest BCUT2D eigenvalue weighted by atomic mass is 35.5. The molecule has 3 N–H and O–H groups in total. The number of benzene rings is 1. The van der Waals surface area contributed by atoms with Crippen LogP contribution in [0.5, 0.6) is 0 Å². The molecular weight excluding hydrogens is 354 g/mol. The van der Waals surface area contributed by atoms with Crippen LogP contribution in [0.15, 0.2) is 42.7 Å². The van der Waals surface area contributed by atoms with Crippen LogP contribution in [-0.2, 0) is 11.3 Å². The van der Waals surface area contributed by atoms with Gasteiger partial charge >= 0.3 is 0 Å². The molecule has 2 heterocycles. The van der Waals surface area contributed by atoms with Gasteiger partial charge in [-0.15, -0.1) is 0 Å². The minimum absolute atomic E-state index is 0.299. The van der Waals surface area contributed by atoms with Gasteiger partial charge in [0.1, 0.15) is 5.82 Å². The lowest BCUT2D eigenvalue weighted by Gasteiger charge is -2.17. The Labute approximate surface area is 156 Å². The summed E-state index contributed by atoms with van der Waals surface area (Å²) in [5.74, 6) is 0.0805. The van der Waals surface area contributed by atoms with Crippen molar-refractivity contribution >= 4 is 29.4 Å². The lowest BCUT2D eigenvalue weighted by Crippen LogP contribution is -2.26. The zero-order valence-electron chi connectivity index (χ0n) is 14.1. The first-order valence-corrected chi connectivity index (χ1v) is 8.68. The topological polar surface area (TPSA) is 90.4 Å². The number of nitrogens with one attached hydrogen (secondary N) is 2. The largest absolute Gasteiger partial charge is 0.365 e. The number of anilines is 1. The molecule has 1 amide bonds. The summed E-state index contributed by atoms with van der Waals surface area (Å²) in [5.41, 5.74) is 3.19. The SMILES string of the molecule is O=C(/C=C/c1cnc(N[C@@H]2CCN(Cc3ccccc3Cl)C2)cn1)NO. The normalized spacial score (nSPS) is 17.5. The Balaban J connectivity index is 1.51. The molecule has 1 atom stereocenters. The van der Waals surface area contributed by atoms with E-state index in [9.17, 15) is 4.79 Å². The molecule has 0 unspecified atom stereocenters. The monoisotopic (exact) mass is 373 g/mol. The van der Waals surface area contributed by atoms with Crippen LogP contribution in [0.1, 0.15) is 17.7 Å². The van der Waals surface area contributed by atoms with E-state index in [1.54, 1.807) is 12.4 Å². The van der Waals surface area contributed by atoms with Crippen molar-refractivity contribution in [3.05, 3.63) is 59.0 Å². The second kappa shape index (κ2) is 8.75. The number of rotatable bonds is 6. The number of likely N-dealkylation sites (tertiary alicyclic amines) is 1. The summed E-state index contributed by atoms with van der Waals surface area (Å²) >= 11 is 6.23. The molecule has 1 aliphatic rings. The quantitative estimate of drug-likeness (QED) is 0.409. The highest BCUT2D eigenvalue weighted by molar-refractivity contribution is 6.31. The number of amides is 1. The molecule has 8 heteroatoms. The molecule has 2 aromatic rings. The summed E-state index contributed by atoms with van der Waals surface area (Å²) in [7, 11) is 0. The van der Waals surface area contributed by atoms with Gasteiger partial charge in [-0.3, -0.25) is 19.9 Å². The molecule has 1 saturated heterocycles. The first-order valence-electron chi connectivity index (χ1n) is 8.30. The van der Waals surface area contributed by atoms with E-state index in [1.165, 1.54) is 17.6 Å². The first kappa shape index (κ1) is 18.3. The molecule has 0 spiro atoms. The van der Waals surface area contributed by atoms with Gasteiger partial charge in [-0.1, -0.05) is 29.8 Å². The second-order valence-electron chi connectivity index (χ2n) is 6.09. The summed E-state index contributed by atoms with van der Waals surface area (Å²) in [6.45, 7) is 2.73. The van der Waals surface area contributed by atoms with Crippen molar-refractivity contribution in [1.29, 1.82) is 0 Å². The smallest absolute Gasteiger partial charge is 0.267 e. The number of hydrogen-bond donors (Lipinski definition) is 3. The minimum Gasteiger partial charge on any atom is -0.365 e. The number of nitrogens with zero attached hydrogens (tertiary/aromatic N) is 3. The second-order valence-corrected chi connectivity index (χ2v) is 6.50. The third-order valence-corrected chi connectivity index (χ3v) is 4.53. The van der Waals surface area contributed by atoms with Gasteiger partial charge in [0.05, 0.1) is 18.1 Å². The van der Waals surface area contributed by atoms with E-state index in [1.807, 2.05) is 18.2 Å². The molecule has 1 aliphatic heterocycles. The predicted octanol–water partition coefficient (Wildman–Crippen LogP) is 2.33. The fourth-order valence-corrected chi connectivity index (χ4v) is 3.06. The summed E-state index contributed by atoms with van der Waals surface area (Å²) in [4.78, 5) is 21.8. The summed E-state index contributed by atoms with van der Waals surface area (Å²) in [6.07, 6.45) is 6.88. The lowest BCUT2D eigenvalue weighted by molar-refractivity contribution is -0.124. The highest BCUT2D eigenvalue weighted by Crippen LogP contribution is 2.21. The average Bonchev–Trinajstić information content (AvgIpc) is 3.09. The Hall–Kier alpha value is -2.48. The predicted molar refractivity (Wildman–Crippen MR) is 99.8 cm³/mol. The Morgan fingerprint density at radius 2 is 2.19 bits per heavy atom. The summed E-state index contributed by atoms with van der Waals surface area (Å²) in [6, 6.07) is 8.21. The Bertz CT molecular complexity index is 781. The van der Waals surface area contributed by atoms with Gasteiger partial charge in [0.25, 0.3) is 5.91 Å². The van der Waals surface area contributed by atoms with E-state index in [4.69, 9.17) is 16.8 Å². The Morgan fingerprint density at radius 1 is 1.35 bits per heavy atom. The third kappa shape index (κ3) is 5.01. The van der Waals surface area contributed by atoms with Crippen molar-refractivity contribution in [2.75, 3.05) is 18.4 Å². The first-order chi connectivity index (χ1) is 12.6. The molecule has 1 fully saturated rings. The Morgan fingerprint density at radius 3 is 2.92 bits per heavy atom. The van der Waals surface area contributed by atoms with Crippen LogP contribution in [0.4, 0.5) is 5.82 Å². The van der Waals surface area contributed by atoms with E-state index < -0.39 is 5.91 Å². The van der Waals surface area contributed by atoms with E-state index >= 15 is 0 Å². The average molecular weight is 374 g/mol. The lowest BCUT2D eigenvalue weighted by atomic mass is 10.2. The van der Waals surface area contributed by atoms with Crippen LogP contribution in [-0.4, -0.2) is 45.1 Å². The van der Waals surface area contributed by atoms with E-state index in [0.29, 0.717) is 17.6 Å². The van der Waals surface area contributed by atoms with Crippen LogP contribution >= 0.6 is 11.6 Å². The molecule has 0 saturated carbocycles. The van der Waals surface area contributed by atoms with Crippen molar-refractivity contribution in [3.8, 4) is 0 Å². The maximum absolute atomic E-state index is 10.9. The molecule has 1 aromatic carbocycles. The number of aromatic nitrogens is 2. The highest BCUT2D eigenvalue weighted by Gasteiger charge is 2.23. The van der Waals surface area contributed by atoms with Crippen LogP contribution in [0, 0.1) is 0 Å². The maximum atomic E-state index is 10.9. The van der Waals surface area contributed by atoms with Crippen molar-refractivity contribution < 1.29 is 10.0 Å². The molecule has 7 nitrogen and oxygen atoms in total. The van der Waals surface area contributed by atoms with Crippen molar-refractivity contribution in [1.82, 2.24) is 20.3 Å². The van der Waals surface area contributed by atoms with Gasteiger partial charge in [-0.05, 0) is 24.1 Å².